The zero-order chi connectivity index (χ0) is 19.8. The van der Waals surface area contributed by atoms with Gasteiger partial charge in [-0.25, -0.2) is 0 Å². The van der Waals surface area contributed by atoms with E-state index in [0.717, 1.165) is 0 Å². The minimum atomic E-state index is -0.480. The molecular weight excluding hydrogens is 352 g/mol. The van der Waals surface area contributed by atoms with Gasteiger partial charge >= 0.3 is 0 Å². The molecule has 27 heavy (non-hydrogen) atoms. The molecule has 2 aromatic rings. The van der Waals surface area contributed by atoms with Gasteiger partial charge in [0.25, 0.3) is 5.91 Å². The summed E-state index contributed by atoms with van der Waals surface area (Å²) in [6, 6.07) is 9.96. The van der Waals surface area contributed by atoms with Crippen molar-refractivity contribution < 1.29 is 28.5 Å². The molecule has 0 unspecified atom stereocenters. The molecule has 8 heteroatoms. The fourth-order valence-corrected chi connectivity index (χ4v) is 2.44. The van der Waals surface area contributed by atoms with Crippen molar-refractivity contribution in [2.45, 2.75) is 0 Å². The highest BCUT2D eigenvalue weighted by Crippen LogP contribution is 2.30. The molecule has 0 radical (unpaired) electrons. The third kappa shape index (κ3) is 4.81. The Morgan fingerprint density at radius 2 is 1.41 bits per heavy atom. The van der Waals surface area contributed by atoms with E-state index in [1.54, 1.807) is 36.4 Å². The van der Waals surface area contributed by atoms with Gasteiger partial charge in [0.2, 0.25) is 5.91 Å². The minimum absolute atomic E-state index is 0.224. The Balaban J connectivity index is 2.03. The number of anilines is 1. The number of nitrogens with one attached hydrogen (secondary N) is 2. The average Bonchev–Trinajstić information content (AvgIpc) is 2.71. The first-order chi connectivity index (χ1) is 13.0. The fraction of sp³-hybridized carbons (Fsp3) is 0.263. The molecule has 0 spiro atoms. The van der Waals surface area contributed by atoms with E-state index in [4.69, 9.17) is 18.9 Å². The zero-order valence-electron chi connectivity index (χ0n) is 15.6. The summed E-state index contributed by atoms with van der Waals surface area (Å²) in [4.78, 5) is 24.6. The highest BCUT2D eigenvalue weighted by molar-refractivity contribution is 6.02. The highest BCUT2D eigenvalue weighted by Gasteiger charge is 2.18. The Morgan fingerprint density at radius 1 is 0.815 bits per heavy atom. The first-order valence-electron chi connectivity index (χ1n) is 8.05. The molecule has 2 amide bonds. The second kappa shape index (κ2) is 9.33. The van der Waals surface area contributed by atoms with Gasteiger partial charge in [-0.1, -0.05) is 6.07 Å². The van der Waals surface area contributed by atoms with E-state index >= 15 is 0 Å². The number of hydrogen-bond donors (Lipinski definition) is 2. The molecule has 0 atom stereocenters. The fourth-order valence-electron chi connectivity index (χ4n) is 2.44. The van der Waals surface area contributed by atoms with E-state index in [-0.39, 0.29) is 12.1 Å². The predicted molar refractivity (Wildman–Crippen MR) is 100 cm³/mol. The van der Waals surface area contributed by atoms with E-state index in [9.17, 15) is 9.59 Å². The third-order valence-corrected chi connectivity index (χ3v) is 3.73. The Labute approximate surface area is 157 Å². The van der Waals surface area contributed by atoms with Crippen LogP contribution >= 0.6 is 0 Å². The van der Waals surface area contributed by atoms with E-state index in [2.05, 4.69) is 10.6 Å². The lowest BCUT2D eigenvalue weighted by Gasteiger charge is -2.13. The molecule has 0 aliphatic rings. The molecule has 8 nitrogen and oxygen atoms in total. The van der Waals surface area contributed by atoms with Gasteiger partial charge in [0.1, 0.15) is 17.1 Å². The summed E-state index contributed by atoms with van der Waals surface area (Å²) >= 11 is 0. The lowest BCUT2D eigenvalue weighted by molar-refractivity contribution is -0.115. The number of ether oxygens (including phenoxy) is 4. The SMILES string of the molecule is COc1ccc(NC(=O)CNC(=O)c2c(OC)cccc2OC)cc1OC. The van der Waals surface area contributed by atoms with Crippen molar-refractivity contribution in [3.05, 3.63) is 42.0 Å². The van der Waals surface area contributed by atoms with Crippen LogP contribution in [0.1, 0.15) is 10.4 Å². The van der Waals surface area contributed by atoms with Crippen LogP contribution < -0.4 is 29.6 Å². The van der Waals surface area contributed by atoms with Gasteiger partial charge in [-0.05, 0) is 24.3 Å². The number of carbonyl (C=O) groups is 2. The van der Waals surface area contributed by atoms with Gasteiger partial charge in [0, 0.05) is 11.8 Å². The van der Waals surface area contributed by atoms with Crippen LogP contribution in [0.15, 0.2) is 36.4 Å². The molecule has 0 saturated heterocycles. The number of hydrogen-bond acceptors (Lipinski definition) is 6. The van der Waals surface area contributed by atoms with Crippen LogP contribution in [0.2, 0.25) is 0 Å². The molecular formula is C19H22N2O6. The van der Waals surface area contributed by atoms with E-state index in [1.165, 1.54) is 28.4 Å². The molecule has 0 heterocycles. The number of benzene rings is 2. The van der Waals surface area contributed by atoms with Crippen LogP contribution in [0.25, 0.3) is 0 Å². The Bertz CT molecular complexity index is 800. The Kier molecular flexibility index (Phi) is 6.87. The van der Waals surface area contributed by atoms with Crippen molar-refractivity contribution in [2.24, 2.45) is 0 Å². The largest absolute Gasteiger partial charge is 0.496 e. The normalized spacial score (nSPS) is 9.93. The molecule has 0 aromatic heterocycles. The number of carbonyl (C=O) groups excluding carboxylic acids is 2. The van der Waals surface area contributed by atoms with Gasteiger partial charge < -0.3 is 29.6 Å². The maximum atomic E-state index is 12.5. The first kappa shape index (κ1) is 19.9. The molecule has 2 rings (SSSR count). The van der Waals surface area contributed by atoms with Gasteiger partial charge in [0.05, 0.1) is 35.0 Å². The topological polar surface area (TPSA) is 95.1 Å². The van der Waals surface area contributed by atoms with Crippen molar-refractivity contribution >= 4 is 17.5 Å². The molecule has 0 aliphatic heterocycles. The standard InChI is InChI=1S/C19H22N2O6/c1-24-13-9-8-12(10-16(13)27-4)21-17(22)11-20-19(23)18-14(25-2)6-5-7-15(18)26-3/h5-10H,11H2,1-4H3,(H,20,23)(H,21,22). The number of amides is 2. The summed E-state index contributed by atoms with van der Waals surface area (Å²) in [6.45, 7) is -0.228. The second-order valence-corrected chi connectivity index (χ2v) is 5.34. The second-order valence-electron chi connectivity index (χ2n) is 5.34. The van der Waals surface area contributed by atoms with Crippen LogP contribution in [0.3, 0.4) is 0 Å². The van der Waals surface area contributed by atoms with E-state index < -0.39 is 11.8 Å². The summed E-state index contributed by atoms with van der Waals surface area (Å²) in [5, 5.41) is 5.23. The van der Waals surface area contributed by atoms with Gasteiger partial charge in [-0.2, -0.15) is 0 Å². The van der Waals surface area contributed by atoms with Gasteiger partial charge in [-0.3, -0.25) is 9.59 Å². The Hall–Kier alpha value is -3.42. The molecule has 0 aliphatic carbocycles. The maximum Gasteiger partial charge on any atom is 0.259 e. The number of rotatable bonds is 8. The Morgan fingerprint density at radius 3 is 1.96 bits per heavy atom. The zero-order valence-corrected chi connectivity index (χ0v) is 15.6. The summed E-state index contributed by atoms with van der Waals surface area (Å²) in [6.07, 6.45) is 0. The monoisotopic (exact) mass is 374 g/mol. The lowest BCUT2D eigenvalue weighted by atomic mass is 10.1. The predicted octanol–water partition coefficient (Wildman–Crippen LogP) is 2.09. The van der Waals surface area contributed by atoms with Gasteiger partial charge in [-0.15, -0.1) is 0 Å². The molecule has 0 saturated carbocycles. The molecule has 0 fully saturated rings. The first-order valence-corrected chi connectivity index (χ1v) is 8.05. The average molecular weight is 374 g/mol. The van der Waals surface area contributed by atoms with Crippen molar-refractivity contribution in [1.82, 2.24) is 5.32 Å². The van der Waals surface area contributed by atoms with Crippen LogP contribution in [0.5, 0.6) is 23.0 Å². The summed E-state index contributed by atoms with van der Waals surface area (Å²) in [5.41, 5.74) is 0.739. The van der Waals surface area contributed by atoms with Crippen molar-refractivity contribution in [3.8, 4) is 23.0 Å². The van der Waals surface area contributed by atoms with Crippen molar-refractivity contribution in [2.75, 3.05) is 40.3 Å². The molecule has 144 valence electrons. The summed E-state index contributed by atoms with van der Waals surface area (Å²) in [7, 11) is 5.94. The van der Waals surface area contributed by atoms with Crippen LogP contribution in [0.4, 0.5) is 5.69 Å². The van der Waals surface area contributed by atoms with Crippen molar-refractivity contribution in [3.63, 3.8) is 0 Å². The van der Waals surface area contributed by atoms with Crippen molar-refractivity contribution in [1.29, 1.82) is 0 Å². The third-order valence-electron chi connectivity index (χ3n) is 3.73. The van der Waals surface area contributed by atoms with Crippen LogP contribution in [-0.4, -0.2) is 46.8 Å². The van der Waals surface area contributed by atoms with E-state index in [1.807, 2.05) is 0 Å². The minimum Gasteiger partial charge on any atom is -0.496 e. The van der Waals surface area contributed by atoms with E-state index in [0.29, 0.717) is 28.7 Å². The maximum absolute atomic E-state index is 12.5. The van der Waals surface area contributed by atoms with Crippen LogP contribution in [-0.2, 0) is 4.79 Å². The quantitative estimate of drug-likeness (QED) is 0.735. The summed E-state index contributed by atoms with van der Waals surface area (Å²) in [5.74, 6) is 0.862. The molecule has 2 aromatic carbocycles. The lowest BCUT2D eigenvalue weighted by Crippen LogP contribution is -2.33. The summed E-state index contributed by atoms with van der Waals surface area (Å²) < 4.78 is 20.7. The smallest absolute Gasteiger partial charge is 0.259 e. The number of methoxy groups -OCH3 is 4. The van der Waals surface area contributed by atoms with Gasteiger partial charge in [0.15, 0.2) is 11.5 Å². The highest BCUT2D eigenvalue weighted by atomic mass is 16.5. The molecule has 0 bridgehead atoms. The molecule has 2 N–H and O–H groups in total. The van der Waals surface area contributed by atoms with Crippen LogP contribution in [0, 0.1) is 0 Å².